The maximum absolute atomic E-state index is 6.01. The lowest BCUT2D eigenvalue weighted by Gasteiger charge is -2.37. The summed E-state index contributed by atoms with van der Waals surface area (Å²) >= 11 is 0. The Labute approximate surface area is 181 Å². The van der Waals surface area contributed by atoms with Gasteiger partial charge in [-0.05, 0) is 43.7 Å². The quantitative estimate of drug-likeness (QED) is 0.433. The molecule has 0 radical (unpaired) electrons. The summed E-state index contributed by atoms with van der Waals surface area (Å²) in [4.78, 5) is 26.7. The van der Waals surface area contributed by atoms with Gasteiger partial charge < -0.3 is 15.4 Å². The Hall–Kier alpha value is -3.33. The number of fused-ring (bicyclic) bond motifs is 1. The highest BCUT2D eigenvalue weighted by atomic mass is 16.5. The molecule has 1 aromatic carbocycles. The number of anilines is 1. The van der Waals surface area contributed by atoms with Gasteiger partial charge in [0.05, 0.1) is 16.4 Å². The van der Waals surface area contributed by atoms with Crippen molar-refractivity contribution in [2.45, 2.75) is 26.7 Å². The summed E-state index contributed by atoms with van der Waals surface area (Å²) < 4.78 is 6.01. The minimum absolute atomic E-state index is 0.137. The zero-order chi connectivity index (χ0) is 21.8. The van der Waals surface area contributed by atoms with E-state index in [0.717, 1.165) is 54.2 Å². The van der Waals surface area contributed by atoms with Crippen molar-refractivity contribution in [1.29, 1.82) is 0 Å². The molecule has 1 atom stereocenters. The lowest BCUT2D eigenvalue weighted by atomic mass is 10.2. The number of rotatable bonds is 5. The molecule has 4 rings (SSSR count). The second-order valence-corrected chi connectivity index (χ2v) is 7.51. The second-order valence-electron chi connectivity index (χ2n) is 7.51. The fourth-order valence-corrected chi connectivity index (χ4v) is 3.78. The largest absolute Gasteiger partial charge is 0.484 e. The van der Waals surface area contributed by atoms with Crippen LogP contribution < -0.4 is 16.4 Å². The van der Waals surface area contributed by atoms with Crippen molar-refractivity contribution in [1.82, 2.24) is 19.8 Å². The van der Waals surface area contributed by atoms with Crippen molar-refractivity contribution >= 4 is 11.8 Å². The summed E-state index contributed by atoms with van der Waals surface area (Å²) in [6.07, 6.45) is 3.42. The van der Waals surface area contributed by atoms with Crippen LogP contribution in [0.2, 0.25) is 0 Å². The average molecular weight is 421 g/mol. The number of nitrogen functional groups attached to an aromatic ring is 1. The molecule has 2 aliphatic heterocycles. The van der Waals surface area contributed by atoms with Crippen LogP contribution in [0.1, 0.15) is 18.2 Å². The molecule has 2 aromatic rings. The fraction of sp³-hybridized carbons (Fsp3) is 0.409. The molecular formula is C22H28N8O. The van der Waals surface area contributed by atoms with Gasteiger partial charge in [-0.1, -0.05) is 6.07 Å². The molecule has 1 unspecified atom stereocenters. The second kappa shape index (κ2) is 9.22. The van der Waals surface area contributed by atoms with Crippen LogP contribution >= 0.6 is 0 Å². The Morgan fingerprint density at radius 1 is 1.19 bits per heavy atom. The smallest absolute Gasteiger partial charge is 0.220 e. The first-order valence-electron chi connectivity index (χ1n) is 10.4. The van der Waals surface area contributed by atoms with E-state index in [1.807, 2.05) is 19.1 Å². The Balaban J connectivity index is 1.37. The standard InChI is InChI=1S/C22H28N8O/c1-4-19(31-14-16-7-8-25-21(23)26-16)20(24-3)29-9-11-30(12-10-29)22-27-17-6-5-15(2)13-18(17)28-22/h4-8,13,22H,9-12,14H2,1-3H3,(H2,23,25,26)/b19-4+,24-20?. The summed E-state index contributed by atoms with van der Waals surface area (Å²) in [5, 5.41) is 1.96. The Morgan fingerprint density at radius 3 is 2.68 bits per heavy atom. The normalized spacial score (nSPS) is 19.6. The van der Waals surface area contributed by atoms with Crippen molar-refractivity contribution in [2.24, 2.45) is 15.0 Å². The number of aryl methyl sites for hydroxylation is 1. The number of aliphatic imine (C=N–C) groups is 1. The van der Waals surface area contributed by atoms with Crippen molar-refractivity contribution < 1.29 is 4.74 Å². The molecule has 2 N–H and O–H groups in total. The number of allylic oxidation sites excluding steroid dienone is 1. The minimum atomic E-state index is -0.137. The molecule has 1 fully saturated rings. The minimum Gasteiger partial charge on any atom is -0.484 e. The predicted molar refractivity (Wildman–Crippen MR) is 119 cm³/mol. The first-order chi connectivity index (χ1) is 15.1. The van der Waals surface area contributed by atoms with Crippen molar-refractivity contribution in [3.8, 4) is 0 Å². The predicted octanol–water partition coefficient (Wildman–Crippen LogP) is 0.670. The molecule has 1 aromatic heterocycles. The summed E-state index contributed by atoms with van der Waals surface area (Å²) in [5.41, 5.74) is 7.59. The number of nitrogens with two attached hydrogens (primary N) is 1. The summed E-state index contributed by atoms with van der Waals surface area (Å²) in [5.74, 6) is 1.80. The highest BCUT2D eigenvalue weighted by Gasteiger charge is 2.27. The number of hydrogen-bond acceptors (Lipinski definition) is 8. The highest BCUT2D eigenvalue weighted by molar-refractivity contribution is 5.96. The van der Waals surface area contributed by atoms with Crippen molar-refractivity contribution in [3.63, 3.8) is 0 Å². The van der Waals surface area contributed by atoms with E-state index in [1.165, 1.54) is 5.56 Å². The monoisotopic (exact) mass is 420 g/mol. The molecule has 31 heavy (non-hydrogen) atoms. The zero-order valence-electron chi connectivity index (χ0n) is 18.2. The molecule has 162 valence electrons. The van der Waals surface area contributed by atoms with Gasteiger partial charge >= 0.3 is 0 Å². The third kappa shape index (κ3) is 4.72. The van der Waals surface area contributed by atoms with Gasteiger partial charge in [-0.2, -0.15) is 0 Å². The van der Waals surface area contributed by atoms with Crippen LogP contribution in [0.3, 0.4) is 0 Å². The lowest BCUT2D eigenvalue weighted by molar-refractivity contribution is 0.133. The number of hydrogen-bond donors (Lipinski definition) is 1. The van der Waals surface area contributed by atoms with Gasteiger partial charge in [0.15, 0.2) is 17.9 Å². The molecule has 2 aliphatic rings. The lowest BCUT2D eigenvalue weighted by Crippen LogP contribution is -2.51. The van der Waals surface area contributed by atoms with Gasteiger partial charge in [-0.25, -0.2) is 20.0 Å². The number of nitrogens with zero attached hydrogens (tertiary/aromatic N) is 7. The summed E-state index contributed by atoms with van der Waals surface area (Å²) in [6.45, 7) is 7.68. The van der Waals surface area contributed by atoms with E-state index in [0.29, 0.717) is 6.61 Å². The first-order valence-corrected chi connectivity index (χ1v) is 10.4. The number of aromatic nitrogens is 2. The van der Waals surface area contributed by atoms with Crippen LogP contribution in [-0.4, -0.2) is 65.1 Å². The number of amidine groups is 1. The number of ether oxygens (including phenoxy) is 1. The topological polar surface area (TPSA) is 105 Å². The third-order valence-corrected chi connectivity index (χ3v) is 5.38. The first kappa shape index (κ1) is 20.9. The fourth-order valence-electron chi connectivity index (χ4n) is 3.78. The molecule has 0 spiro atoms. The maximum atomic E-state index is 6.01. The van der Waals surface area contributed by atoms with Gasteiger partial charge in [-0.3, -0.25) is 9.89 Å². The summed E-state index contributed by atoms with van der Waals surface area (Å²) in [7, 11) is 1.79. The van der Waals surface area contributed by atoms with Crippen LogP contribution in [-0.2, 0) is 11.3 Å². The third-order valence-electron chi connectivity index (χ3n) is 5.38. The van der Waals surface area contributed by atoms with Crippen LogP contribution in [0.4, 0.5) is 5.95 Å². The molecule has 9 nitrogen and oxygen atoms in total. The van der Waals surface area contributed by atoms with Gasteiger partial charge in [0, 0.05) is 39.4 Å². The molecule has 3 heterocycles. The van der Waals surface area contributed by atoms with E-state index < -0.39 is 0 Å². The van der Waals surface area contributed by atoms with Gasteiger partial charge in [0.2, 0.25) is 5.95 Å². The SMILES string of the molecule is C/C=C(/OCc1ccnc(N)n1)C(=NC)N1CCN(C2N=c3ccc(C)cc3=N2)CC1. The van der Waals surface area contributed by atoms with E-state index in [2.05, 4.69) is 43.8 Å². The number of piperazine rings is 1. The average Bonchev–Trinajstić information content (AvgIpc) is 3.20. The van der Waals surface area contributed by atoms with Crippen LogP contribution in [0.25, 0.3) is 0 Å². The van der Waals surface area contributed by atoms with E-state index in [4.69, 9.17) is 20.5 Å². The Morgan fingerprint density at radius 2 is 1.97 bits per heavy atom. The van der Waals surface area contributed by atoms with E-state index >= 15 is 0 Å². The maximum Gasteiger partial charge on any atom is 0.220 e. The Kier molecular flexibility index (Phi) is 6.22. The van der Waals surface area contributed by atoms with Crippen molar-refractivity contribution in [2.75, 3.05) is 39.0 Å². The van der Waals surface area contributed by atoms with E-state index in [1.54, 1.807) is 19.3 Å². The van der Waals surface area contributed by atoms with Crippen LogP contribution in [0, 0.1) is 6.92 Å². The molecule has 0 bridgehead atoms. The highest BCUT2D eigenvalue weighted by Crippen LogP contribution is 2.15. The molecule has 0 saturated carbocycles. The molecule has 1 saturated heterocycles. The Bertz CT molecular complexity index is 1120. The molecular weight excluding hydrogens is 392 g/mol. The van der Waals surface area contributed by atoms with E-state index in [-0.39, 0.29) is 12.2 Å². The summed E-state index contributed by atoms with van der Waals surface area (Å²) in [6, 6.07) is 8.01. The van der Waals surface area contributed by atoms with Crippen molar-refractivity contribution in [3.05, 3.63) is 64.3 Å². The van der Waals surface area contributed by atoms with Crippen LogP contribution in [0.5, 0.6) is 0 Å². The molecule has 9 heteroatoms. The molecule has 0 amide bonds. The van der Waals surface area contributed by atoms with Gasteiger partial charge in [-0.15, -0.1) is 0 Å². The van der Waals surface area contributed by atoms with E-state index in [9.17, 15) is 0 Å². The number of benzene rings is 1. The van der Waals surface area contributed by atoms with Crippen LogP contribution in [0.15, 0.2) is 57.3 Å². The van der Waals surface area contributed by atoms with Gasteiger partial charge in [0.25, 0.3) is 0 Å². The van der Waals surface area contributed by atoms with Gasteiger partial charge in [0.1, 0.15) is 6.61 Å². The zero-order valence-corrected chi connectivity index (χ0v) is 18.2. The molecule has 0 aliphatic carbocycles.